The zero-order chi connectivity index (χ0) is 20.4. The zero-order valence-corrected chi connectivity index (χ0v) is 18.4. The molecule has 0 atom stereocenters. The summed E-state index contributed by atoms with van der Waals surface area (Å²) in [6, 6.07) is 15.8. The highest BCUT2D eigenvalue weighted by molar-refractivity contribution is 9.10. The molecule has 0 fully saturated rings. The minimum atomic E-state index is -0.304. The molecule has 0 aliphatic heterocycles. The van der Waals surface area contributed by atoms with E-state index in [1.165, 1.54) is 11.3 Å². The van der Waals surface area contributed by atoms with Crippen LogP contribution in [0, 0.1) is 6.92 Å². The number of halogens is 1. The second-order valence-electron chi connectivity index (χ2n) is 6.45. The van der Waals surface area contributed by atoms with Crippen LogP contribution in [0.2, 0.25) is 0 Å². The molecule has 4 rings (SSSR count). The summed E-state index contributed by atoms with van der Waals surface area (Å²) in [5.74, 6) is -0.304. The van der Waals surface area contributed by atoms with Crippen molar-refractivity contribution in [3.63, 3.8) is 0 Å². The zero-order valence-electron chi connectivity index (χ0n) is 16.0. The lowest BCUT2D eigenvalue weighted by molar-refractivity contribution is 0.0996. The summed E-state index contributed by atoms with van der Waals surface area (Å²) in [6.45, 7) is 3.03. The van der Waals surface area contributed by atoms with Crippen molar-refractivity contribution in [2.75, 3.05) is 13.7 Å². The van der Waals surface area contributed by atoms with Crippen molar-refractivity contribution >= 4 is 43.4 Å². The molecule has 6 nitrogen and oxygen atoms in total. The van der Waals surface area contributed by atoms with Gasteiger partial charge >= 0.3 is 0 Å². The SMILES string of the molecule is COCCn1c(=NC(=O)c2cnn(-c3ccccc3)c2C)sc2cc(Br)ccc21. The molecule has 2 aromatic carbocycles. The topological polar surface area (TPSA) is 61.4 Å². The van der Waals surface area contributed by atoms with Gasteiger partial charge in [-0.25, -0.2) is 4.68 Å². The van der Waals surface area contributed by atoms with E-state index in [-0.39, 0.29) is 5.91 Å². The van der Waals surface area contributed by atoms with Gasteiger partial charge in [0.05, 0.1) is 40.0 Å². The number of benzene rings is 2. The minimum Gasteiger partial charge on any atom is -0.383 e. The number of methoxy groups -OCH3 is 1. The van der Waals surface area contributed by atoms with Crippen LogP contribution >= 0.6 is 27.3 Å². The number of thiazole rings is 1. The largest absolute Gasteiger partial charge is 0.383 e. The summed E-state index contributed by atoms with van der Waals surface area (Å²) in [7, 11) is 1.66. The molecule has 1 amide bonds. The van der Waals surface area contributed by atoms with E-state index in [4.69, 9.17) is 4.74 Å². The first-order chi connectivity index (χ1) is 14.1. The van der Waals surface area contributed by atoms with E-state index in [2.05, 4.69) is 26.0 Å². The number of amides is 1. The standard InChI is InChI=1S/C21H19BrN4O2S/c1-14-17(13-23-26(14)16-6-4-3-5-7-16)20(27)24-21-25(10-11-28-2)18-9-8-15(22)12-19(18)29-21/h3-9,12-13H,10-11H2,1-2H3. The van der Waals surface area contributed by atoms with E-state index in [0.29, 0.717) is 23.5 Å². The number of hydrogen-bond donors (Lipinski definition) is 0. The highest BCUT2D eigenvalue weighted by Gasteiger charge is 2.16. The van der Waals surface area contributed by atoms with Crippen molar-refractivity contribution in [1.82, 2.24) is 14.3 Å². The van der Waals surface area contributed by atoms with Gasteiger partial charge in [0, 0.05) is 18.1 Å². The van der Waals surface area contributed by atoms with Crippen molar-refractivity contribution in [2.45, 2.75) is 13.5 Å². The van der Waals surface area contributed by atoms with Gasteiger partial charge in [-0.2, -0.15) is 10.1 Å². The maximum absolute atomic E-state index is 13.0. The van der Waals surface area contributed by atoms with Crippen molar-refractivity contribution in [2.24, 2.45) is 4.99 Å². The molecule has 0 radical (unpaired) electrons. The normalized spacial score (nSPS) is 12.0. The van der Waals surface area contributed by atoms with E-state index in [1.807, 2.05) is 60.0 Å². The highest BCUT2D eigenvalue weighted by Crippen LogP contribution is 2.22. The van der Waals surface area contributed by atoms with Gasteiger partial charge in [-0.05, 0) is 37.3 Å². The number of aromatic nitrogens is 3. The molecule has 2 aromatic heterocycles. The fourth-order valence-electron chi connectivity index (χ4n) is 3.13. The average molecular weight is 471 g/mol. The van der Waals surface area contributed by atoms with Crippen LogP contribution in [0.1, 0.15) is 16.1 Å². The molecule has 0 unspecified atom stereocenters. The number of nitrogens with zero attached hydrogens (tertiary/aromatic N) is 4. The molecular weight excluding hydrogens is 452 g/mol. The number of para-hydroxylation sites is 1. The Morgan fingerprint density at radius 2 is 2.03 bits per heavy atom. The Bertz CT molecular complexity index is 1240. The van der Waals surface area contributed by atoms with Gasteiger partial charge in [-0.3, -0.25) is 4.79 Å². The van der Waals surface area contributed by atoms with Crippen LogP contribution in [0.25, 0.3) is 15.9 Å². The Labute approximate surface area is 180 Å². The second-order valence-corrected chi connectivity index (χ2v) is 8.37. The van der Waals surface area contributed by atoms with Crippen LogP contribution in [0.4, 0.5) is 0 Å². The molecule has 0 aliphatic rings. The van der Waals surface area contributed by atoms with Gasteiger partial charge in [-0.1, -0.05) is 45.5 Å². The molecule has 8 heteroatoms. The number of ether oxygens (including phenoxy) is 1. The fourth-order valence-corrected chi connectivity index (χ4v) is 4.73. The second kappa shape index (κ2) is 8.44. The van der Waals surface area contributed by atoms with E-state index in [1.54, 1.807) is 18.0 Å². The lowest BCUT2D eigenvalue weighted by Gasteiger charge is -2.05. The average Bonchev–Trinajstić information content (AvgIpc) is 3.26. The van der Waals surface area contributed by atoms with Gasteiger partial charge in [-0.15, -0.1) is 0 Å². The Morgan fingerprint density at radius 1 is 1.24 bits per heavy atom. The number of carbonyl (C=O) groups excluding carboxylic acids is 1. The number of fused-ring (bicyclic) bond motifs is 1. The maximum atomic E-state index is 13.0. The lowest BCUT2D eigenvalue weighted by Crippen LogP contribution is -2.19. The van der Waals surface area contributed by atoms with E-state index >= 15 is 0 Å². The maximum Gasteiger partial charge on any atom is 0.283 e. The molecule has 0 saturated heterocycles. The van der Waals surface area contributed by atoms with E-state index in [0.717, 1.165) is 26.1 Å². The third-order valence-corrected chi connectivity index (χ3v) is 6.14. The highest BCUT2D eigenvalue weighted by atomic mass is 79.9. The van der Waals surface area contributed by atoms with Crippen molar-refractivity contribution in [1.29, 1.82) is 0 Å². The molecule has 0 N–H and O–H groups in total. The lowest BCUT2D eigenvalue weighted by atomic mass is 10.2. The third kappa shape index (κ3) is 3.96. The molecule has 0 spiro atoms. The Hall–Kier alpha value is -2.55. The molecule has 29 heavy (non-hydrogen) atoms. The van der Waals surface area contributed by atoms with Crippen LogP contribution in [-0.4, -0.2) is 34.0 Å². The monoisotopic (exact) mass is 470 g/mol. The number of rotatable bonds is 5. The number of carbonyl (C=O) groups is 1. The molecule has 0 saturated carbocycles. The predicted molar refractivity (Wildman–Crippen MR) is 118 cm³/mol. The molecule has 148 valence electrons. The van der Waals surface area contributed by atoms with Gasteiger partial charge in [0.2, 0.25) is 0 Å². The first-order valence-corrected chi connectivity index (χ1v) is 10.7. The van der Waals surface area contributed by atoms with Crippen LogP contribution in [0.5, 0.6) is 0 Å². The summed E-state index contributed by atoms with van der Waals surface area (Å²) in [5, 5.41) is 4.38. The molecule has 0 bridgehead atoms. The van der Waals surface area contributed by atoms with Gasteiger partial charge in [0.25, 0.3) is 5.91 Å². The first kappa shape index (κ1) is 19.8. The quantitative estimate of drug-likeness (QED) is 0.435. The minimum absolute atomic E-state index is 0.304. The number of hydrogen-bond acceptors (Lipinski definition) is 4. The van der Waals surface area contributed by atoms with Gasteiger partial charge in [0.1, 0.15) is 0 Å². The molecule has 2 heterocycles. The Kier molecular flexibility index (Phi) is 5.75. The third-order valence-electron chi connectivity index (χ3n) is 4.60. The predicted octanol–water partition coefficient (Wildman–Crippen LogP) is 4.35. The summed E-state index contributed by atoms with van der Waals surface area (Å²) >= 11 is 4.99. The van der Waals surface area contributed by atoms with Crippen molar-refractivity contribution in [3.8, 4) is 5.69 Å². The fraction of sp³-hybridized carbons (Fsp3) is 0.190. The first-order valence-electron chi connectivity index (χ1n) is 9.05. The van der Waals surface area contributed by atoms with Crippen molar-refractivity contribution < 1.29 is 9.53 Å². The Balaban J connectivity index is 1.77. The van der Waals surface area contributed by atoms with Crippen LogP contribution < -0.4 is 4.80 Å². The van der Waals surface area contributed by atoms with E-state index in [9.17, 15) is 4.79 Å². The molecule has 0 aliphatic carbocycles. The summed E-state index contributed by atoms with van der Waals surface area (Å²) in [4.78, 5) is 18.1. The van der Waals surface area contributed by atoms with E-state index < -0.39 is 0 Å². The smallest absolute Gasteiger partial charge is 0.283 e. The van der Waals surface area contributed by atoms with Gasteiger partial charge in [0.15, 0.2) is 4.80 Å². The summed E-state index contributed by atoms with van der Waals surface area (Å²) in [6.07, 6.45) is 1.58. The Morgan fingerprint density at radius 3 is 2.79 bits per heavy atom. The molecular formula is C21H19BrN4O2S. The van der Waals surface area contributed by atoms with Crippen molar-refractivity contribution in [3.05, 3.63) is 75.3 Å². The summed E-state index contributed by atoms with van der Waals surface area (Å²) < 4.78 is 11.1. The molecule has 4 aromatic rings. The van der Waals surface area contributed by atoms with Crippen LogP contribution in [0.15, 0.2) is 64.2 Å². The van der Waals surface area contributed by atoms with Crippen LogP contribution in [0.3, 0.4) is 0 Å². The van der Waals surface area contributed by atoms with Crippen LogP contribution in [-0.2, 0) is 11.3 Å². The van der Waals surface area contributed by atoms with Gasteiger partial charge < -0.3 is 9.30 Å². The summed E-state index contributed by atoms with van der Waals surface area (Å²) in [5.41, 5.74) is 3.19.